The van der Waals surface area contributed by atoms with Crippen molar-refractivity contribution in [3.05, 3.63) is 43.3 Å². The van der Waals surface area contributed by atoms with Crippen LogP contribution in [-0.4, -0.2) is 23.1 Å². The molecule has 0 nitrogen and oxygen atoms in total. The second kappa shape index (κ2) is 16.8. The molecular formula is C9H13BrMg. The molecule has 11 heavy (non-hydrogen) atoms. The maximum absolute atomic E-state index is 3.49. The number of halogens is 1. The van der Waals surface area contributed by atoms with Gasteiger partial charge in [-0.05, 0) is 0 Å². The number of benzene rings is 1. The van der Waals surface area contributed by atoms with Gasteiger partial charge in [-0.3, -0.25) is 0 Å². The van der Waals surface area contributed by atoms with Crippen LogP contribution < -0.4 is 0 Å². The third kappa shape index (κ3) is 17.9. The smallest absolute Gasteiger partial charge is 0.344 e. The predicted molar refractivity (Wildman–Crippen MR) is 57.0 cm³/mol. The molecule has 1 aromatic rings. The summed E-state index contributed by atoms with van der Waals surface area (Å²) in [5.74, 6) is 0. The summed E-state index contributed by atoms with van der Waals surface area (Å²) in [7, 11) is 0. The molecule has 2 heteroatoms. The van der Waals surface area contributed by atoms with Gasteiger partial charge in [-0.1, -0.05) is 6.92 Å². The molecule has 0 unspecified atom stereocenters. The van der Waals surface area contributed by atoms with Gasteiger partial charge in [0.1, 0.15) is 0 Å². The second-order valence-electron chi connectivity index (χ2n) is 1.58. The van der Waals surface area contributed by atoms with Crippen molar-refractivity contribution in [3.8, 4) is 0 Å². The SMILES string of the molecule is Br.[CH2-]CC.[Mg+2].[c-]1ccccc1. The topological polar surface area (TPSA) is 0 Å². The molecule has 0 saturated heterocycles. The van der Waals surface area contributed by atoms with Crippen molar-refractivity contribution in [2.24, 2.45) is 0 Å². The zero-order valence-electron chi connectivity index (χ0n) is 6.92. The van der Waals surface area contributed by atoms with Crippen molar-refractivity contribution < 1.29 is 0 Å². The average molecular weight is 225 g/mol. The molecule has 58 valence electrons. The van der Waals surface area contributed by atoms with Gasteiger partial charge in [0, 0.05) is 0 Å². The van der Waals surface area contributed by atoms with E-state index in [2.05, 4.69) is 13.0 Å². The van der Waals surface area contributed by atoms with Crippen molar-refractivity contribution in [2.45, 2.75) is 13.3 Å². The quantitative estimate of drug-likeness (QED) is 0.470. The largest absolute Gasteiger partial charge is 2.00 e. The molecule has 0 radical (unpaired) electrons. The van der Waals surface area contributed by atoms with Crippen LogP contribution in [0.25, 0.3) is 0 Å². The summed E-state index contributed by atoms with van der Waals surface area (Å²) in [4.78, 5) is 0. The van der Waals surface area contributed by atoms with Crippen LogP contribution in [0.5, 0.6) is 0 Å². The van der Waals surface area contributed by atoms with Gasteiger partial charge in [-0.25, -0.2) is 0 Å². The number of hydrogen-bond acceptors (Lipinski definition) is 0. The molecule has 0 atom stereocenters. The van der Waals surface area contributed by atoms with Gasteiger partial charge in [0.2, 0.25) is 0 Å². The second-order valence-corrected chi connectivity index (χ2v) is 1.58. The van der Waals surface area contributed by atoms with E-state index in [-0.39, 0.29) is 40.0 Å². The van der Waals surface area contributed by atoms with Crippen LogP contribution in [0.15, 0.2) is 30.3 Å². The Labute approximate surface area is 96.3 Å². The summed E-state index contributed by atoms with van der Waals surface area (Å²) in [5, 5.41) is 0. The fraction of sp³-hybridized carbons (Fsp3) is 0.222. The summed E-state index contributed by atoms with van der Waals surface area (Å²) in [5.41, 5.74) is 0. The molecule has 0 fully saturated rings. The Bertz CT molecular complexity index is 92.4. The molecule has 1 aromatic carbocycles. The van der Waals surface area contributed by atoms with Gasteiger partial charge in [0.15, 0.2) is 0 Å². The van der Waals surface area contributed by atoms with Crippen molar-refractivity contribution in [1.82, 2.24) is 0 Å². The van der Waals surface area contributed by atoms with E-state index in [0.717, 1.165) is 6.42 Å². The maximum Gasteiger partial charge on any atom is 2.00 e. The minimum absolute atomic E-state index is 0. The summed E-state index contributed by atoms with van der Waals surface area (Å²) < 4.78 is 0. The van der Waals surface area contributed by atoms with Crippen LogP contribution in [0.2, 0.25) is 0 Å². The van der Waals surface area contributed by atoms with Crippen LogP contribution >= 0.6 is 17.0 Å². The fourth-order valence-electron chi connectivity index (χ4n) is 0.342. The summed E-state index contributed by atoms with van der Waals surface area (Å²) in [6, 6.07) is 12.5. The van der Waals surface area contributed by atoms with Crippen molar-refractivity contribution in [3.63, 3.8) is 0 Å². The predicted octanol–water partition coefficient (Wildman–Crippen LogP) is 2.91. The van der Waals surface area contributed by atoms with Gasteiger partial charge in [-0.15, -0.1) is 17.0 Å². The maximum atomic E-state index is 3.49. The number of rotatable bonds is 0. The van der Waals surface area contributed by atoms with E-state index >= 15 is 0 Å². The Hall–Kier alpha value is 0.466. The van der Waals surface area contributed by atoms with Crippen LogP contribution in [0.3, 0.4) is 0 Å². The molecular weight excluding hydrogens is 212 g/mol. The molecule has 0 saturated carbocycles. The van der Waals surface area contributed by atoms with E-state index < -0.39 is 0 Å². The monoisotopic (exact) mass is 224 g/mol. The van der Waals surface area contributed by atoms with E-state index in [1.807, 2.05) is 37.3 Å². The van der Waals surface area contributed by atoms with Crippen molar-refractivity contribution in [2.75, 3.05) is 0 Å². The van der Waals surface area contributed by atoms with E-state index in [1.54, 1.807) is 0 Å². The van der Waals surface area contributed by atoms with E-state index in [9.17, 15) is 0 Å². The third-order valence-electron chi connectivity index (χ3n) is 0.607. The van der Waals surface area contributed by atoms with Crippen LogP contribution in [-0.2, 0) is 0 Å². The van der Waals surface area contributed by atoms with Gasteiger partial charge in [0.05, 0.1) is 0 Å². The Balaban J connectivity index is -0.000000116. The molecule has 0 aliphatic carbocycles. The summed E-state index contributed by atoms with van der Waals surface area (Å²) >= 11 is 0. The summed E-state index contributed by atoms with van der Waals surface area (Å²) in [6.45, 7) is 5.50. The van der Waals surface area contributed by atoms with E-state index in [4.69, 9.17) is 0 Å². The third-order valence-corrected chi connectivity index (χ3v) is 0.607. The Morgan fingerprint density at radius 2 is 1.55 bits per heavy atom. The Morgan fingerprint density at radius 1 is 1.18 bits per heavy atom. The van der Waals surface area contributed by atoms with Crippen molar-refractivity contribution in [1.29, 1.82) is 0 Å². The molecule has 0 spiro atoms. The zero-order valence-corrected chi connectivity index (χ0v) is 10.0. The minimum Gasteiger partial charge on any atom is -0.344 e. The number of hydrogen-bond donors (Lipinski definition) is 0. The molecule has 1 rings (SSSR count). The van der Waals surface area contributed by atoms with Crippen LogP contribution in [0, 0.1) is 13.0 Å². The Morgan fingerprint density at radius 3 is 1.64 bits per heavy atom. The van der Waals surface area contributed by atoms with Gasteiger partial charge in [0.25, 0.3) is 0 Å². The molecule has 0 aliphatic heterocycles. The molecule has 0 aromatic heterocycles. The molecule has 0 heterocycles. The average Bonchev–Trinajstić information content (AvgIpc) is 1.93. The molecule has 0 bridgehead atoms. The van der Waals surface area contributed by atoms with Gasteiger partial charge in [-0.2, -0.15) is 42.8 Å². The first kappa shape index (κ1) is 17.5. The van der Waals surface area contributed by atoms with Gasteiger partial charge < -0.3 is 6.92 Å². The standard InChI is InChI=1S/C6H5.C3H7.BrH.Mg/c1-2-4-6-5-3-1;1-3-2;;/h1-5H;1,3H2,2H3;1H;/q2*-1;;+2. The first-order valence-electron chi connectivity index (χ1n) is 3.12. The fourth-order valence-corrected chi connectivity index (χ4v) is 0.342. The molecule has 0 amide bonds. The molecule has 0 N–H and O–H groups in total. The minimum atomic E-state index is 0. The van der Waals surface area contributed by atoms with Crippen LogP contribution in [0.1, 0.15) is 13.3 Å². The first-order chi connectivity index (χ1) is 4.41. The summed E-state index contributed by atoms with van der Waals surface area (Å²) in [6.07, 6.45) is 1.00. The van der Waals surface area contributed by atoms with E-state index in [0.29, 0.717) is 0 Å². The van der Waals surface area contributed by atoms with Gasteiger partial charge >= 0.3 is 23.1 Å². The van der Waals surface area contributed by atoms with Crippen molar-refractivity contribution >= 4 is 40.0 Å². The van der Waals surface area contributed by atoms with Crippen LogP contribution in [0.4, 0.5) is 0 Å². The zero-order chi connectivity index (χ0) is 6.95. The van der Waals surface area contributed by atoms with E-state index in [1.165, 1.54) is 0 Å². The normalized spacial score (nSPS) is 6.00. The first-order valence-corrected chi connectivity index (χ1v) is 3.12. The molecule has 0 aliphatic rings. The Kier molecular flexibility index (Phi) is 26.8.